The highest BCUT2D eigenvalue weighted by Crippen LogP contribution is 2.30. The maximum absolute atomic E-state index is 13.3. The van der Waals surface area contributed by atoms with Crippen LogP contribution >= 0.6 is 11.8 Å². The van der Waals surface area contributed by atoms with E-state index in [2.05, 4.69) is 10.2 Å². The summed E-state index contributed by atoms with van der Waals surface area (Å²) in [5.74, 6) is 0.185. The van der Waals surface area contributed by atoms with E-state index in [1.807, 2.05) is 53.8 Å². The second kappa shape index (κ2) is 6.49. The zero-order valence-electron chi connectivity index (χ0n) is 15.0. The number of aromatic nitrogens is 4. The number of thioether (sulfide) groups is 1. The van der Waals surface area contributed by atoms with Gasteiger partial charge in [-0.1, -0.05) is 42.1 Å². The van der Waals surface area contributed by atoms with Crippen LogP contribution < -0.4 is 5.56 Å². The largest absolute Gasteiger partial charge is 0.465 e. The van der Waals surface area contributed by atoms with Gasteiger partial charge in [0, 0.05) is 6.42 Å². The molecule has 0 spiro atoms. The number of esters is 1. The fourth-order valence-corrected chi connectivity index (χ4v) is 4.50. The Balaban J connectivity index is 1.83. The quantitative estimate of drug-likeness (QED) is 0.499. The molecule has 0 saturated carbocycles. The summed E-state index contributed by atoms with van der Waals surface area (Å²) in [5, 5.41) is 9.44. The van der Waals surface area contributed by atoms with Crippen LogP contribution in [0.5, 0.6) is 0 Å². The molecule has 1 unspecified atom stereocenters. The Labute approximate surface area is 164 Å². The average molecular weight is 392 g/mol. The Morgan fingerprint density at radius 3 is 2.64 bits per heavy atom. The number of hydrogen-bond acceptors (Lipinski definition) is 6. The SMILES string of the molecule is Cc1ccccc1-n1c(=O)c2ccccc2n2c(SC3CCOC3=O)nnc12. The van der Waals surface area contributed by atoms with Crippen LogP contribution in [0.25, 0.3) is 22.4 Å². The summed E-state index contributed by atoms with van der Waals surface area (Å²) >= 11 is 1.32. The summed E-state index contributed by atoms with van der Waals surface area (Å²) in [4.78, 5) is 25.2. The highest BCUT2D eigenvalue weighted by atomic mass is 32.2. The Morgan fingerprint density at radius 2 is 1.86 bits per heavy atom. The number of nitrogens with zero attached hydrogens (tertiary/aromatic N) is 4. The minimum absolute atomic E-state index is 0.151. The molecule has 28 heavy (non-hydrogen) atoms. The van der Waals surface area contributed by atoms with Gasteiger partial charge in [-0.25, -0.2) is 4.57 Å². The monoisotopic (exact) mass is 392 g/mol. The summed E-state index contributed by atoms with van der Waals surface area (Å²) in [6.45, 7) is 2.37. The molecule has 4 aromatic rings. The summed E-state index contributed by atoms with van der Waals surface area (Å²) in [6, 6.07) is 15.0. The van der Waals surface area contributed by atoms with Crippen molar-refractivity contribution in [2.24, 2.45) is 0 Å². The van der Waals surface area contributed by atoms with Crippen molar-refractivity contribution in [1.82, 2.24) is 19.2 Å². The van der Waals surface area contributed by atoms with E-state index < -0.39 is 0 Å². The lowest BCUT2D eigenvalue weighted by Gasteiger charge is -2.13. The summed E-state index contributed by atoms with van der Waals surface area (Å²) < 4.78 is 8.50. The van der Waals surface area contributed by atoms with Crippen molar-refractivity contribution < 1.29 is 9.53 Å². The van der Waals surface area contributed by atoms with Crippen LogP contribution in [0.4, 0.5) is 0 Å². The van der Waals surface area contributed by atoms with Crippen LogP contribution in [0.2, 0.25) is 0 Å². The number of cyclic esters (lactones) is 1. The van der Waals surface area contributed by atoms with Gasteiger partial charge in [0.05, 0.1) is 23.2 Å². The van der Waals surface area contributed by atoms with Gasteiger partial charge in [-0.15, -0.1) is 10.2 Å². The van der Waals surface area contributed by atoms with E-state index in [9.17, 15) is 9.59 Å². The van der Waals surface area contributed by atoms with E-state index in [1.54, 1.807) is 10.6 Å². The molecule has 0 amide bonds. The van der Waals surface area contributed by atoms with Gasteiger partial charge in [0.1, 0.15) is 5.25 Å². The van der Waals surface area contributed by atoms with Crippen LogP contribution in [-0.2, 0) is 9.53 Å². The maximum atomic E-state index is 13.3. The minimum atomic E-state index is -0.315. The van der Waals surface area contributed by atoms with Crippen molar-refractivity contribution in [3.8, 4) is 5.69 Å². The minimum Gasteiger partial charge on any atom is -0.465 e. The molecule has 7 nitrogen and oxygen atoms in total. The highest BCUT2D eigenvalue weighted by molar-refractivity contribution is 8.00. The van der Waals surface area contributed by atoms with E-state index in [1.165, 1.54) is 11.8 Å². The number of hydrogen-bond donors (Lipinski definition) is 0. The van der Waals surface area contributed by atoms with Gasteiger partial charge in [0.15, 0.2) is 5.16 Å². The third-order valence-electron chi connectivity index (χ3n) is 4.89. The van der Waals surface area contributed by atoms with Gasteiger partial charge in [-0.3, -0.25) is 14.0 Å². The highest BCUT2D eigenvalue weighted by Gasteiger charge is 2.30. The van der Waals surface area contributed by atoms with Crippen LogP contribution in [-0.4, -0.2) is 37.0 Å². The Bertz CT molecular complexity index is 1290. The zero-order valence-corrected chi connectivity index (χ0v) is 15.8. The molecule has 1 aliphatic heterocycles. The van der Waals surface area contributed by atoms with Gasteiger partial charge in [0.2, 0.25) is 5.78 Å². The van der Waals surface area contributed by atoms with E-state index >= 15 is 0 Å². The summed E-state index contributed by atoms with van der Waals surface area (Å²) in [5.41, 5.74) is 2.28. The molecule has 3 heterocycles. The molecule has 0 radical (unpaired) electrons. The van der Waals surface area contributed by atoms with Crippen molar-refractivity contribution in [2.45, 2.75) is 23.8 Å². The van der Waals surface area contributed by atoms with Crippen molar-refractivity contribution in [3.05, 3.63) is 64.4 Å². The Kier molecular flexibility index (Phi) is 3.94. The summed E-state index contributed by atoms with van der Waals surface area (Å²) in [7, 11) is 0. The van der Waals surface area contributed by atoms with Crippen molar-refractivity contribution in [1.29, 1.82) is 0 Å². The predicted molar refractivity (Wildman–Crippen MR) is 106 cm³/mol. The van der Waals surface area contributed by atoms with Gasteiger partial charge in [-0.2, -0.15) is 0 Å². The second-order valence-corrected chi connectivity index (χ2v) is 7.79. The molecular weight excluding hydrogens is 376 g/mol. The first-order valence-corrected chi connectivity index (χ1v) is 9.81. The van der Waals surface area contributed by atoms with Crippen LogP contribution in [0.15, 0.2) is 58.5 Å². The molecule has 1 saturated heterocycles. The average Bonchev–Trinajstić information content (AvgIpc) is 3.30. The lowest BCUT2D eigenvalue weighted by molar-refractivity contribution is -0.137. The molecule has 5 rings (SSSR count). The van der Waals surface area contributed by atoms with Gasteiger partial charge in [-0.05, 0) is 30.7 Å². The van der Waals surface area contributed by atoms with Crippen molar-refractivity contribution in [3.63, 3.8) is 0 Å². The molecular formula is C20H16N4O3S. The van der Waals surface area contributed by atoms with Crippen LogP contribution in [0, 0.1) is 6.92 Å². The molecule has 2 aromatic carbocycles. The number of aryl methyl sites for hydroxylation is 1. The van der Waals surface area contributed by atoms with Crippen molar-refractivity contribution in [2.75, 3.05) is 6.61 Å². The lowest BCUT2D eigenvalue weighted by atomic mass is 10.2. The van der Waals surface area contributed by atoms with Crippen LogP contribution in [0.3, 0.4) is 0 Å². The van der Waals surface area contributed by atoms with E-state index in [0.717, 1.165) is 11.3 Å². The second-order valence-electron chi connectivity index (χ2n) is 6.62. The standard InChI is InChI=1S/C20H16N4O3S/c1-12-6-2-4-8-14(12)23-17(25)13-7-3-5-9-15(13)24-19(23)21-22-20(24)28-16-10-11-27-18(16)26/h2-9,16H,10-11H2,1H3. The summed E-state index contributed by atoms with van der Waals surface area (Å²) in [6.07, 6.45) is 0.633. The fraction of sp³-hybridized carbons (Fsp3) is 0.200. The molecule has 1 aliphatic rings. The van der Waals surface area contributed by atoms with E-state index in [4.69, 9.17) is 4.74 Å². The first kappa shape index (κ1) is 17.0. The number of para-hydroxylation sites is 2. The fourth-order valence-electron chi connectivity index (χ4n) is 3.50. The molecule has 0 N–H and O–H groups in total. The van der Waals surface area contributed by atoms with Crippen molar-refractivity contribution >= 4 is 34.4 Å². The molecule has 0 bridgehead atoms. The van der Waals surface area contributed by atoms with Gasteiger partial charge < -0.3 is 4.74 Å². The number of carbonyl (C=O) groups excluding carboxylic acids is 1. The van der Waals surface area contributed by atoms with Gasteiger partial charge >= 0.3 is 5.97 Å². The molecule has 2 aromatic heterocycles. The lowest BCUT2D eigenvalue weighted by Crippen LogP contribution is -2.22. The normalized spacial score (nSPS) is 16.8. The molecule has 140 valence electrons. The number of fused-ring (bicyclic) bond motifs is 3. The molecule has 1 atom stereocenters. The number of benzene rings is 2. The predicted octanol–water partition coefficient (Wildman–Crippen LogP) is 2.75. The molecule has 1 fully saturated rings. The van der Waals surface area contributed by atoms with Crippen LogP contribution in [0.1, 0.15) is 12.0 Å². The van der Waals surface area contributed by atoms with Gasteiger partial charge in [0.25, 0.3) is 5.56 Å². The molecule has 8 heteroatoms. The Morgan fingerprint density at radius 1 is 1.07 bits per heavy atom. The first-order valence-electron chi connectivity index (χ1n) is 8.93. The first-order chi connectivity index (χ1) is 13.6. The Hall–Kier alpha value is -3.13. The number of rotatable bonds is 3. The topological polar surface area (TPSA) is 78.5 Å². The molecule has 0 aliphatic carbocycles. The zero-order chi connectivity index (χ0) is 19.3. The number of carbonyl (C=O) groups is 1. The van der Waals surface area contributed by atoms with E-state index in [-0.39, 0.29) is 16.8 Å². The smallest absolute Gasteiger partial charge is 0.319 e. The third kappa shape index (κ3) is 2.52. The number of ether oxygens (including phenoxy) is 1. The third-order valence-corrected chi connectivity index (χ3v) is 6.07. The maximum Gasteiger partial charge on any atom is 0.319 e. The van der Waals surface area contributed by atoms with E-state index in [0.29, 0.717) is 34.9 Å².